The van der Waals surface area contributed by atoms with Crippen LogP contribution in [0.25, 0.3) is 0 Å². The lowest BCUT2D eigenvalue weighted by atomic mass is 9.83. The van der Waals surface area contributed by atoms with Crippen LogP contribution in [0, 0.1) is 10.8 Å². The van der Waals surface area contributed by atoms with Gasteiger partial charge in [0.05, 0.1) is 0 Å². The van der Waals surface area contributed by atoms with Gasteiger partial charge in [0.2, 0.25) is 5.91 Å². The van der Waals surface area contributed by atoms with Crippen LogP contribution < -0.4 is 11.1 Å². The Morgan fingerprint density at radius 3 is 2.09 bits per heavy atom. The molecule has 0 saturated heterocycles. The number of hydrogen-bond donors (Lipinski definition) is 2. The van der Waals surface area contributed by atoms with Gasteiger partial charge in [-0.25, -0.2) is 0 Å². The van der Waals surface area contributed by atoms with Crippen molar-refractivity contribution in [2.75, 3.05) is 6.54 Å². The fraction of sp³-hybridized carbons (Fsp3) is 0.947. The van der Waals surface area contributed by atoms with Gasteiger partial charge in [0.15, 0.2) is 0 Å². The molecule has 1 amide bonds. The Kier molecular flexibility index (Phi) is 9.99. The van der Waals surface area contributed by atoms with Crippen molar-refractivity contribution in [2.45, 2.75) is 99.0 Å². The molecule has 0 aliphatic rings. The molecule has 22 heavy (non-hydrogen) atoms. The van der Waals surface area contributed by atoms with Gasteiger partial charge in [-0.05, 0) is 43.1 Å². The summed E-state index contributed by atoms with van der Waals surface area (Å²) in [6.07, 6.45) is 8.41. The average Bonchev–Trinajstić information content (AvgIpc) is 2.34. The number of unbranched alkanes of at least 4 members (excludes halogenated alkanes) is 3. The van der Waals surface area contributed by atoms with Gasteiger partial charge in [0.1, 0.15) is 0 Å². The van der Waals surface area contributed by atoms with Crippen LogP contribution in [0.4, 0.5) is 0 Å². The first kappa shape index (κ1) is 21.4. The first-order valence-electron chi connectivity index (χ1n) is 9.06. The molecular formula is C19H40N2O. The average molecular weight is 313 g/mol. The van der Waals surface area contributed by atoms with Gasteiger partial charge in [-0.3, -0.25) is 4.79 Å². The van der Waals surface area contributed by atoms with Gasteiger partial charge in [-0.1, -0.05) is 60.8 Å². The lowest BCUT2D eigenvalue weighted by Crippen LogP contribution is -2.43. The van der Waals surface area contributed by atoms with Crippen molar-refractivity contribution < 1.29 is 4.79 Å². The lowest BCUT2D eigenvalue weighted by molar-refractivity contribution is -0.122. The molecule has 0 spiro atoms. The van der Waals surface area contributed by atoms with Crippen molar-refractivity contribution in [3.05, 3.63) is 0 Å². The van der Waals surface area contributed by atoms with Crippen molar-refractivity contribution in [2.24, 2.45) is 16.6 Å². The molecule has 0 aromatic rings. The second kappa shape index (κ2) is 10.3. The fourth-order valence-corrected chi connectivity index (χ4v) is 2.60. The van der Waals surface area contributed by atoms with E-state index in [1.54, 1.807) is 0 Å². The third-order valence-electron chi connectivity index (χ3n) is 4.16. The quantitative estimate of drug-likeness (QED) is 0.577. The minimum atomic E-state index is 0.108. The summed E-state index contributed by atoms with van der Waals surface area (Å²) >= 11 is 0. The van der Waals surface area contributed by atoms with E-state index in [9.17, 15) is 4.79 Å². The molecule has 0 aromatic heterocycles. The van der Waals surface area contributed by atoms with Gasteiger partial charge in [0, 0.05) is 12.5 Å². The van der Waals surface area contributed by atoms with Crippen LogP contribution in [0.1, 0.15) is 92.9 Å². The lowest BCUT2D eigenvalue weighted by Gasteiger charge is -2.31. The predicted octanol–water partition coefficient (Wildman–Crippen LogP) is 4.64. The first-order valence-corrected chi connectivity index (χ1v) is 9.06. The molecule has 0 aliphatic heterocycles. The molecule has 0 unspecified atom stereocenters. The zero-order valence-corrected chi connectivity index (χ0v) is 15.9. The Labute approximate surface area is 138 Å². The SMILES string of the molecule is CC(C)(C)CCCCCC(=O)N[C@@H](CCCCN)C(C)(C)C. The van der Waals surface area contributed by atoms with Gasteiger partial charge in [-0.2, -0.15) is 0 Å². The van der Waals surface area contributed by atoms with Crippen molar-refractivity contribution in [1.29, 1.82) is 0 Å². The Morgan fingerprint density at radius 2 is 1.59 bits per heavy atom. The predicted molar refractivity (Wildman–Crippen MR) is 96.8 cm³/mol. The summed E-state index contributed by atoms with van der Waals surface area (Å²) in [5.74, 6) is 0.212. The van der Waals surface area contributed by atoms with E-state index >= 15 is 0 Å². The molecule has 1 atom stereocenters. The third-order valence-corrected chi connectivity index (χ3v) is 4.16. The molecule has 0 aliphatic carbocycles. The number of rotatable bonds is 10. The number of hydrogen-bond acceptors (Lipinski definition) is 2. The van der Waals surface area contributed by atoms with Gasteiger partial charge >= 0.3 is 0 Å². The summed E-state index contributed by atoms with van der Waals surface area (Å²) in [7, 11) is 0. The Morgan fingerprint density at radius 1 is 0.955 bits per heavy atom. The number of amides is 1. The monoisotopic (exact) mass is 312 g/mol. The van der Waals surface area contributed by atoms with E-state index in [0.29, 0.717) is 11.8 Å². The maximum atomic E-state index is 12.2. The van der Waals surface area contributed by atoms with Gasteiger partial charge in [0.25, 0.3) is 0 Å². The highest BCUT2D eigenvalue weighted by Gasteiger charge is 2.25. The highest BCUT2D eigenvalue weighted by Crippen LogP contribution is 2.24. The van der Waals surface area contributed by atoms with E-state index in [1.807, 2.05) is 0 Å². The smallest absolute Gasteiger partial charge is 0.220 e. The molecule has 0 heterocycles. The van der Waals surface area contributed by atoms with Crippen molar-refractivity contribution in [3.63, 3.8) is 0 Å². The van der Waals surface area contributed by atoms with Crippen molar-refractivity contribution in [3.8, 4) is 0 Å². The molecule has 3 nitrogen and oxygen atoms in total. The Balaban J connectivity index is 4.02. The number of nitrogens with one attached hydrogen (secondary N) is 1. The molecule has 3 heteroatoms. The standard InChI is InChI=1S/C19H40N2O/c1-18(2,3)14-10-7-8-13-17(22)21-16(19(4,5)6)12-9-11-15-20/h16H,7-15,20H2,1-6H3,(H,21,22)/t16-/m0/s1. The van der Waals surface area contributed by atoms with Crippen LogP contribution in [-0.4, -0.2) is 18.5 Å². The highest BCUT2D eigenvalue weighted by molar-refractivity contribution is 5.76. The topological polar surface area (TPSA) is 55.1 Å². The molecule has 0 fully saturated rings. The minimum Gasteiger partial charge on any atom is -0.353 e. The molecule has 132 valence electrons. The number of carbonyl (C=O) groups is 1. The highest BCUT2D eigenvalue weighted by atomic mass is 16.1. The molecule has 0 saturated carbocycles. The Bertz CT molecular complexity index is 300. The summed E-state index contributed by atoms with van der Waals surface area (Å²) in [5.41, 5.74) is 6.08. The second-order valence-electron chi connectivity index (χ2n) is 8.89. The van der Waals surface area contributed by atoms with E-state index in [0.717, 1.165) is 38.6 Å². The largest absolute Gasteiger partial charge is 0.353 e. The second-order valence-corrected chi connectivity index (χ2v) is 8.89. The molecule has 0 bridgehead atoms. The molecule has 0 radical (unpaired) electrons. The van der Waals surface area contributed by atoms with Gasteiger partial charge in [-0.15, -0.1) is 0 Å². The van der Waals surface area contributed by atoms with Crippen molar-refractivity contribution in [1.82, 2.24) is 5.32 Å². The van der Waals surface area contributed by atoms with Crippen molar-refractivity contribution >= 4 is 5.91 Å². The maximum Gasteiger partial charge on any atom is 0.220 e. The van der Waals surface area contributed by atoms with Crippen LogP contribution in [-0.2, 0) is 4.79 Å². The summed E-state index contributed by atoms with van der Waals surface area (Å²) in [6, 6.07) is 0.251. The van der Waals surface area contributed by atoms with Crippen LogP contribution in [0.15, 0.2) is 0 Å². The summed E-state index contributed by atoms with van der Waals surface area (Å²) in [4.78, 5) is 12.2. The van der Waals surface area contributed by atoms with E-state index in [-0.39, 0.29) is 17.4 Å². The number of nitrogens with two attached hydrogens (primary N) is 1. The summed E-state index contributed by atoms with van der Waals surface area (Å²) in [5, 5.41) is 3.24. The maximum absolute atomic E-state index is 12.2. The minimum absolute atomic E-state index is 0.108. The fourth-order valence-electron chi connectivity index (χ4n) is 2.60. The van der Waals surface area contributed by atoms with E-state index in [1.165, 1.54) is 12.8 Å². The van der Waals surface area contributed by atoms with E-state index in [2.05, 4.69) is 46.9 Å². The van der Waals surface area contributed by atoms with E-state index in [4.69, 9.17) is 5.73 Å². The summed E-state index contributed by atoms with van der Waals surface area (Å²) < 4.78 is 0. The van der Waals surface area contributed by atoms with Crippen LogP contribution in [0.5, 0.6) is 0 Å². The molecule has 0 aromatic carbocycles. The van der Waals surface area contributed by atoms with Crippen LogP contribution in [0.2, 0.25) is 0 Å². The third kappa shape index (κ3) is 12.0. The van der Waals surface area contributed by atoms with E-state index < -0.39 is 0 Å². The van der Waals surface area contributed by atoms with Gasteiger partial charge < -0.3 is 11.1 Å². The zero-order valence-electron chi connectivity index (χ0n) is 15.9. The number of carbonyl (C=O) groups excluding carboxylic acids is 1. The zero-order chi connectivity index (χ0) is 17.2. The molecular weight excluding hydrogens is 272 g/mol. The van der Waals surface area contributed by atoms with Crippen LogP contribution in [0.3, 0.4) is 0 Å². The molecule has 3 N–H and O–H groups in total. The molecule has 0 rings (SSSR count). The Hall–Kier alpha value is -0.570. The summed E-state index contributed by atoms with van der Waals surface area (Å²) in [6.45, 7) is 14.1. The van der Waals surface area contributed by atoms with Crippen LogP contribution >= 0.6 is 0 Å². The first-order chi connectivity index (χ1) is 10.1. The normalized spacial score (nSPS) is 14.0.